The Labute approximate surface area is 150 Å². The van der Waals surface area contributed by atoms with E-state index >= 15 is 0 Å². The highest BCUT2D eigenvalue weighted by Crippen LogP contribution is 2.60. The minimum atomic E-state index is -4.32. The van der Waals surface area contributed by atoms with Crippen molar-refractivity contribution < 1.29 is 13.2 Å². The van der Waals surface area contributed by atoms with Gasteiger partial charge < -0.3 is 4.57 Å². The highest BCUT2D eigenvalue weighted by atomic mass is 19.4. The second kappa shape index (κ2) is 5.33. The van der Waals surface area contributed by atoms with Crippen molar-refractivity contribution >= 4 is 0 Å². The maximum absolute atomic E-state index is 12.8. The van der Waals surface area contributed by atoms with E-state index in [2.05, 4.69) is 10.2 Å². The maximum Gasteiger partial charge on any atom is 0.416 e. The van der Waals surface area contributed by atoms with Gasteiger partial charge in [0.15, 0.2) is 5.82 Å². The molecule has 0 unspecified atom stereocenters. The molecule has 6 rings (SSSR count). The summed E-state index contributed by atoms with van der Waals surface area (Å²) in [5.41, 5.74) is 0.175. The fourth-order valence-corrected chi connectivity index (χ4v) is 6.24. The number of hydrogen-bond acceptors (Lipinski definition) is 2. The Morgan fingerprint density at radius 3 is 1.96 bits per heavy atom. The van der Waals surface area contributed by atoms with E-state index in [1.807, 2.05) is 11.6 Å². The number of benzene rings is 1. The van der Waals surface area contributed by atoms with Crippen LogP contribution in [0.25, 0.3) is 11.4 Å². The quantitative estimate of drug-likeness (QED) is 0.756. The normalized spacial score (nSPS) is 33.0. The van der Waals surface area contributed by atoms with Gasteiger partial charge in [0, 0.05) is 18.0 Å². The topological polar surface area (TPSA) is 30.7 Å². The van der Waals surface area contributed by atoms with E-state index in [4.69, 9.17) is 0 Å². The monoisotopic (exact) mass is 361 g/mol. The lowest BCUT2D eigenvalue weighted by atomic mass is 9.49. The van der Waals surface area contributed by atoms with Crippen molar-refractivity contribution in [3.63, 3.8) is 0 Å². The van der Waals surface area contributed by atoms with Crippen LogP contribution < -0.4 is 0 Å². The fraction of sp³-hybridized carbons (Fsp3) is 0.600. The van der Waals surface area contributed by atoms with Gasteiger partial charge in [-0.2, -0.15) is 13.2 Å². The summed E-state index contributed by atoms with van der Waals surface area (Å²) in [5.74, 6) is 4.13. The predicted octanol–water partition coefficient (Wildman–Crippen LogP) is 4.97. The van der Waals surface area contributed by atoms with Gasteiger partial charge in [0.25, 0.3) is 0 Å². The Balaban J connectivity index is 1.50. The Morgan fingerprint density at radius 2 is 1.46 bits per heavy atom. The predicted molar refractivity (Wildman–Crippen MR) is 91.3 cm³/mol. The molecule has 0 atom stereocenters. The van der Waals surface area contributed by atoms with Gasteiger partial charge in [-0.05, 0) is 68.4 Å². The fourth-order valence-electron chi connectivity index (χ4n) is 6.24. The van der Waals surface area contributed by atoms with Gasteiger partial charge in [-0.3, -0.25) is 0 Å². The third-order valence-corrected chi connectivity index (χ3v) is 6.86. The van der Waals surface area contributed by atoms with Crippen LogP contribution in [0, 0.1) is 17.8 Å². The van der Waals surface area contributed by atoms with Crippen molar-refractivity contribution in [2.24, 2.45) is 24.8 Å². The summed E-state index contributed by atoms with van der Waals surface area (Å²) in [4.78, 5) is 0. The van der Waals surface area contributed by atoms with Crippen LogP contribution in [-0.2, 0) is 18.6 Å². The summed E-state index contributed by atoms with van der Waals surface area (Å²) in [5, 5.41) is 8.91. The first-order chi connectivity index (χ1) is 12.3. The van der Waals surface area contributed by atoms with Crippen LogP contribution in [0.3, 0.4) is 0 Å². The van der Waals surface area contributed by atoms with Gasteiger partial charge in [-0.1, -0.05) is 12.1 Å². The zero-order valence-electron chi connectivity index (χ0n) is 14.8. The standard InChI is InChI=1S/C20H22F3N3/c1-26-17(15-2-4-16(5-3-15)20(21,22)23)24-25-18(26)19-9-12-6-13(10-19)8-14(7-12)11-19/h2-5,12-14H,6-11H2,1H3. The molecule has 4 bridgehead atoms. The van der Waals surface area contributed by atoms with Gasteiger partial charge in [-0.25, -0.2) is 0 Å². The summed E-state index contributed by atoms with van der Waals surface area (Å²) in [6, 6.07) is 5.23. The van der Waals surface area contributed by atoms with Crippen LogP contribution in [0.2, 0.25) is 0 Å². The van der Waals surface area contributed by atoms with Crippen molar-refractivity contribution in [1.82, 2.24) is 14.8 Å². The van der Waals surface area contributed by atoms with E-state index in [1.165, 1.54) is 50.7 Å². The van der Waals surface area contributed by atoms with Gasteiger partial charge >= 0.3 is 6.18 Å². The van der Waals surface area contributed by atoms with Gasteiger partial charge in [0.2, 0.25) is 0 Å². The first kappa shape index (κ1) is 16.3. The van der Waals surface area contributed by atoms with Crippen molar-refractivity contribution in [2.45, 2.75) is 50.1 Å². The Kier molecular flexibility index (Phi) is 3.35. The SMILES string of the molecule is Cn1c(-c2ccc(C(F)(F)F)cc2)nnc1C12CC3CC(CC(C3)C1)C2. The third kappa shape index (κ3) is 2.41. The van der Waals surface area contributed by atoms with Crippen LogP contribution in [0.4, 0.5) is 13.2 Å². The zero-order chi connectivity index (χ0) is 18.1. The molecule has 4 fully saturated rings. The molecule has 4 saturated carbocycles. The van der Waals surface area contributed by atoms with Crippen LogP contribution in [0.1, 0.15) is 49.9 Å². The first-order valence-electron chi connectivity index (χ1n) is 9.41. The van der Waals surface area contributed by atoms with E-state index in [0.717, 1.165) is 35.7 Å². The van der Waals surface area contributed by atoms with Crippen molar-refractivity contribution in [2.75, 3.05) is 0 Å². The second-order valence-corrected chi connectivity index (χ2v) is 8.68. The molecule has 2 aromatic rings. The molecule has 0 amide bonds. The highest BCUT2D eigenvalue weighted by Gasteiger charge is 2.53. The molecule has 1 aromatic heterocycles. The van der Waals surface area contributed by atoms with E-state index < -0.39 is 11.7 Å². The molecule has 1 heterocycles. The Bertz CT molecular complexity index is 800. The van der Waals surface area contributed by atoms with E-state index in [0.29, 0.717) is 11.4 Å². The van der Waals surface area contributed by atoms with Crippen molar-refractivity contribution in [1.29, 1.82) is 0 Å². The average molecular weight is 361 g/mol. The molecule has 3 nitrogen and oxygen atoms in total. The van der Waals surface area contributed by atoms with E-state index in [9.17, 15) is 13.2 Å². The zero-order valence-corrected chi connectivity index (χ0v) is 14.8. The summed E-state index contributed by atoms with van der Waals surface area (Å²) in [7, 11) is 1.96. The number of alkyl halides is 3. The molecule has 0 radical (unpaired) electrons. The molecule has 26 heavy (non-hydrogen) atoms. The molecule has 4 aliphatic rings. The molecule has 0 saturated heterocycles. The highest BCUT2D eigenvalue weighted by molar-refractivity contribution is 5.56. The summed E-state index contributed by atoms with van der Waals surface area (Å²) in [6.45, 7) is 0. The lowest BCUT2D eigenvalue weighted by Crippen LogP contribution is -2.49. The van der Waals surface area contributed by atoms with Crippen molar-refractivity contribution in [3.8, 4) is 11.4 Å². The largest absolute Gasteiger partial charge is 0.416 e. The second-order valence-electron chi connectivity index (χ2n) is 8.68. The van der Waals surface area contributed by atoms with E-state index in [1.54, 1.807) is 0 Å². The lowest BCUT2D eigenvalue weighted by Gasteiger charge is -2.56. The summed E-state index contributed by atoms with van der Waals surface area (Å²) in [6.07, 6.45) is 3.35. The van der Waals surface area contributed by atoms with Crippen LogP contribution in [0.15, 0.2) is 24.3 Å². The molecule has 138 valence electrons. The number of hydrogen-bond donors (Lipinski definition) is 0. The molecule has 6 heteroatoms. The first-order valence-corrected chi connectivity index (χ1v) is 9.41. The van der Waals surface area contributed by atoms with Gasteiger partial charge in [0.1, 0.15) is 5.82 Å². The molecule has 0 aliphatic heterocycles. The molecule has 0 N–H and O–H groups in total. The Morgan fingerprint density at radius 1 is 0.923 bits per heavy atom. The number of nitrogens with zero attached hydrogens (tertiary/aromatic N) is 3. The number of aromatic nitrogens is 3. The minimum Gasteiger partial charge on any atom is -0.314 e. The molecular weight excluding hydrogens is 339 g/mol. The summed E-state index contributed by atoms with van der Waals surface area (Å²) >= 11 is 0. The van der Waals surface area contributed by atoms with Crippen molar-refractivity contribution in [3.05, 3.63) is 35.7 Å². The van der Waals surface area contributed by atoms with Crippen LogP contribution >= 0.6 is 0 Å². The maximum atomic E-state index is 12.8. The smallest absolute Gasteiger partial charge is 0.314 e. The third-order valence-electron chi connectivity index (χ3n) is 6.86. The van der Waals surface area contributed by atoms with Gasteiger partial charge in [0.05, 0.1) is 5.56 Å². The number of rotatable bonds is 2. The lowest BCUT2D eigenvalue weighted by molar-refractivity contribution is -0.137. The van der Waals surface area contributed by atoms with Gasteiger partial charge in [-0.15, -0.1) is 10.2 Å². The number of halogens is 3. The van der Waals surface area contributed by atoms with Crippen LogP contribution in [-0.4, -0.2) is 14.8 Å². The minimum absolute atomic E-state index is 0.126. The van der Waals surface area contributed by atoms with Crippen LogP contribution in [0.5, 0.6) is 0 Å². The molecule has 1 aromatic carbocycles. The average Bonchev–Trinajstić information content (AvgIpc) is 2.95. The molecule has 4 aliphatic carbocycles. The Hall–Kier alpha value is -1.85. The molecule has 0 spiro atoms. The van der Waals surface area contributed by atoms with E-state index in [-0.39, 0.29) is 5.41 Å². The molecular formula is C20H22F3N3. The summed E-state index contributed by atoms with van der Waals surface area (Å²) < 4.78 is 40.4.